The minimum atomic E-state index is 0.0896. The molecule has 25 heavy (non-hydrogen) atoms. The molecule has 1 atom stereocenters. The molecule has 0 fully saturated rings. The van der Waals surface area contributed by atoms with Gasteiger partial charge in [-0.3, -0.25) is 4.98 Å². The van der Waals surface area contributed by atoms with Gasteiger partial charge in [0.1, 0.15) is 5.76 Å². The van der Waals surface area contributed by atoms with Gasteiger partial charge in [0.05, 0.1) is 11.9 Å². The van der Waals surface area contributed by atoms with Crippen LogP contribution in [0.15, 0.2) is 41.1 Å². The zero-order valence-corrected chi connectivity index (χ0v) is 13.7. The van der Waals surface area contributed by atoms with Crippen molar-refractivity contribution in [1.82, 2.24) is 19.9 Å². The maximum atomic E-state index is 5.85. The van der Waals surface area contributed by atoms with Crippen LogP contribution in [0.1, 0.15) is 34.5 Å². The molecule has 0 aromatic carbocycles. The van der Waals surface area contributed by atoms with E-state index in [1.165, 1.54) is 0 Å². The van der Waals surface area contributed by atoms with Crippen LogP contribution in [0.4, 0.5) is 5.95 Å². The van der Waals surface area contributed by atoms with Crippen molar-refractivity contribution in [2.45, 2.75) is 25.9 Å². The maximum absolute atomic E-state index is 5.85. The summed E-state index contributed by atoms with van der Waals surface area (Å²) in [6.07, 6.45) is 8.21. The van der Waals surface area contributed by atoms with Crippen molar-refractivity contribution in [3.8, 4) is 5.88 Å². The molecule has 0 aliphatic heterocycles. The summed E-state index contributed by atoms with van der Waals surface area (Å²) < 4.78 is 11.3. The van der Waals surface area contributed by atoms with Crippen molar-refractivity contribution >= 4 is 12.0 Å². The van der Waals surface area contributed by atoms with E-state index in [0.29, 0.717) is 11.8 Å². The van der Waals surface area contributed by atoms with Gasteiger partial charge in [0.2, 0.25) is 17.7 Å². The summed E-state index contributed by atoms with van der Waals surface area (Å²) in [6.45, 7) is 2.02. The molecule has 0 radical (unpaired) electrons. The summed E-state index contributed by atoms with van der Waals surface area (Å²) in [5.74, 6) is 1.97. The molecule has 0 spiro atoms. The van der Waals surface area contributed by atoms with Crippen molar-refractivity contribution < 1.29 is 9.15 Å². The third-order valence-corrected chi connectivity index (χ3v) is 3.97. The van der Waals surface area contributed by atoms with E-state index in [9.17, 15) is 0 Å². The van der Waals surface area contributed by atoms with Crippen LogP contribution in [0.2, 0.25) is 0 Å². The molecule has 3 aromatic heterocycles. The van der Waals surface area contributed by atoms with E-state index >= 15 is 0 Å². The summed E-state index contributed by atoms with van der Waals surface area (Å²) in [7, 11) is 0. The van der Waals surface area contributed by atoms with Crippen LogP contribution in [0.5, 0.6) is 5.88 Å². The fourth-order valence-electron chi connectivity index (χ4n) is 2.88. The van der Waals surface area contributed by atoms with Gasteiger partial charge in [-0.05, 0) is 25.1 Å². The number of hydrogen-bond acceptors (Lipinski definition) is 7. The molecule has 2 N–H and O–H groups in total. The number of nitrogen functional groups attached to an aromatic ring is 1. The normalized spacial score (nSPS) is 15.3. The van der Waals surface area contributed by atoms with Gasteiger partial charge in [-0.25, -0.2) is 9.97 Å². The van der Waals surface area contributed by atoms with E-state index in [1.54, 1.807) is 12.4 Å². The molecular weight excluding hydrogens is 318 g/mol. The van der Waals surface area contributed by atoms with Crippen LogP contribution in [-0.4, -0.2) is 19.9 Å². The first-order valence-electron chi connectivity index (χ1n) is 7.98. The summed E-state index contributed by atoms with van der Waals surface area (Å²) >= 11 is 0. The third-order valence-electron chi connectivity index (χ3n) is 3.97. The number of aromatic nitrogens is 4. The smallest absolute Gasteiger partial charge is 0.232 e. The van der Waals surface area contributed by atoms with E-state index in [0.717, 1.165) is 29.1 Å². The Hall–Kier alpha value is -3.22. The Kier molecular flexibility index (Phi) is 3.89. The second kappa shape index (κ2) is 6.35. The minimum Gasteiger partial charge on any atom is -0.467 e. The average molecular weight is 335 g/mol. The van der Waals surface area contributed by atoms with Crippen LogP contribution in [0.25, 0.3) is 6.08 Å². The summed E-state index contributed by atoms with van der Waals surface area (Å²) in [5, 5.41) is 0. The number of aryl methyl sites for hydroxylation is 1. The van der Waals surface area contributed by atoms with Gasteiger partial charge in [-0.2, -0.15) is 4.98 Å². The van der Waals surface area contributed by atoms with Gasteiger partial charge in [0.15, 0.2) is 6.61 Å². The molecule has 1 unspecified atom stereocenters. The fourth-order valence-corrected chi connectivity index (χ4v) is 2.88. The Balaban J connectivity index is 1.60. The molecule has 126 valence electrons. The van der Waals surface area contributed by atoms with Crippen molar-refractivity contribution in [1.29, 1.82) is 0 Å². The topological polar surface area (TPSA) is 100.0 Å². The summed E-state index contributed by atoms with van der Waals surface area (Å²) in [5.41, 5.74) is 8.52. The Morgan fingerprint density at radius 1 is 1.24 bits per heavy atom. The molecular formula is C18H17N5O2. The number of anilines is 1. The molecule has 4 rings (SSSR count). The minimum absolute atomic E-state index is 0.0896. The van der Waals surface area contributed by atoms with Crippen LogP contribution in [0.3, 0.4) is 0 Å². The van der Waals surface area contributed by atoms with Crippen LogP contribution >= 0.6 is 0 Å². The molecule has 0 saturated carbocycles. The Morgan fingerprint density at radius 3 is 2.92 bits per heavy atom. The first-order chi connectivity index (χ1) is 12.2. The quantitative estimate of drug-likeness (QED) is 0.765. The first-order valence-corrected chi connectivity index (χ1v) is 7.98. The van der Waals surface area contributed by atoms with Crippen molar-refractivity contribution in [2.75, 3.05) is 5.73 Å². The van der Waals surface area contributed by atoms with E-state index < -0.39 is 0 Å². The highest BCUT2D eigenvalue weighted by molar-refractivity contribution is 5.63. The van der Waals surface area contributed by atoms with E-state index in [-0.39, 0.29) is 18.5 Å². The van der Waals surface area contributed by atoms with Crippen LogP contribution < -0.4 is 10.5 Å². The SMILES string of the molecule is Cc1cnc(COc2nc(N)nc3c2C(Cc2ccccn2)C=C3)o1. The van der Waals surface area contributed by atoms with Crippen LogP contribution in [0, 0.1) is 6.92 Å². The Labute approximate surface area is 144 Å². The zero-order valence-electron chi connectivity index (χ0n) is 13.7. The van der Waals surface area contributed by atoms with Gasteiger partial charge in [-0.15, -0.1) is 0 Å². The number of allylic oxidation sites excluding steroid dienone is 1. The van der Waals surface area contributed by atoms with Gasteiger partial charge >= 0.3 is 0 Å². The number of nitrogens with two attached hydrogens (primary N) is 1. The van der Waals surface area contributed by atoms with Gasteiger partial charge < -0.3 is 14.9 Å². The predicted octanol–water partition coefficient (Wildman–Crippen LogP) is 2.68. The lowest BCUT2D eigenvalue weighted by Gasteiger charge is -2.14. The summed E-state index contributed by atoms with van der Waals surface area (Å²) in [6, 6.07) is 5.88. The molecule has 7 nitrogen and oxygen atoms in total. The number of oxazole rings is 1. The van der Waals surface area contributed by atoms with E-state index in [4.69, 9.17) is 14.9 Å². The molecule has 1 aliphatic rings. The Bertz CT molecular complexity index is 920. The standard InChI is InChI=1S/C18H17N5O2/c1-11-9-21-15(25-11)10-24-17-16-12(8-13-4-2-3-7-20-13)5-6-14(16)22-18(19)23-17/h2-7,9,12H,8,10H2,1H3,(H2,19,22,23). The lowest BCUT2D eigenvalue weighted by Crippen LogP contribution is -2.09. The number of pyridine rings is 1. The number of ether oxygens (including phenoxy) is 1. The van der Waals surface area contributed by atoms with Gasteiger partial charge in [0, 0.05) is 29.8 Å². The highest BCUT2D eigenvalue weighted by Crippen LogP contribution is 2.37. The maximum Gasteiger partial charge on any atom is 0.232 e. The molecule has 7 heteroatoms. The van der Waals surface area contributed by atoms with Crippen molar-refractivity contribution in [3.63, 3.8) is 0 Å². The predicted molar refractivity (Wildman–Crippen MR) is 91.7 cm³/mol. The molecule has 0 amide bonds. The Morgan fingerprint density at radius 2 is 2.16 bits per heavy atom. The number of fused-ring (bicyclic) bond motifs is 1. The monoisotopic (exact) mass is 335 g/mol. The molecule has 0 bridgehead atoms. The second-order valence-electron chi connectivity index (χ2n) is 5.83. The van der Waals surface area contributed by atoms with Crippen molar-refractivity contribution in [2.24, 2.45) is 0 Å². The zero-order chi connectivity index (χ0) is 17.2. The van der Waals surface area contributed by atoms with Crippen LogP contribution in [-0.2, 0) is 13.0 Å². The number of hydrogen-bond donors (Lipinski definition) is 1. The average Bonchev–Trinajstić information content (AvgIpc) is 3.20. The van der Waals surface area contributed by atoms with E-state index in [2.05, 4.69) is 26.0 Å². The third kappa shape index (κ3) is 3.21. The number of nitrogens with zero attached hydrogens (tertiary/aromatic N) is 4. The highest BCUT2D eigenvalue weighted by atomic mass is 16.5. The summed E-state index contributed by atoms with van der Waals surface area (Å²) in [4.78, 5) is 17.1. The lowest BCUT2D eigenvalue weighted by atomic mass is 9.98. The first kappa shape index (κ1) is 15.3. The van der Waals surface area contributed by atoms with E-state index in [1.807, 2.05) is 31.2 Å². The van der Waals surface area contributed by atoms with Gasteiger partial charge in [0.25, 0.3) is 0 Å². The molecule has 0 saturated heterocycles. The molecule has 1 aliphatic carbocycles. The van der Waals surface area contributed by atoms with Crippen molar-refractivity contribution in [3.05, 3.63) is 65.3 Å². The largest absolute Gasteiger partial charge is 0.467 e. The fraction of sp³-hybridized carbons (Fsp3) is 0.222. The molecule has 3 aromatic rings. The number of rotatable bonds is 5. The second-order valence-corrected chi connectivity index (χ2v) is 5.83. The lowest BCUT2D eigenvalue weighted by molar-refractivity contribution is 0.248. The van der Waals surface area contributed by atoms with Gasteiger partial charge in [-0.1, -0.05) is 12.1 Å². The highest BCUT2D eigenvalue weighted by Gasteiger charge is 2.26. The molecule has 3 heterocycles.